The molecule has 118 valence electrons. The quantitative estimate of drug-likeness (QED) is 0.635. The number of esters is 1. The molecule has 1 atom stereocenters. The highest BCUT2D eigenvalue weighted by atomic mass is 16.7. The van der Waals surface area contributed by atoms with Crippen LogP contribution in [0.2, 0.25) is 0 Å². The van der Waals surface area contributed by atoms with Crippen molar-refractivity contribution >= 4 is 18.0 Å². The molecule has 2 rings (SSSR count). The number of carboxylic acids is 1. The van der Waals surface area contributed by atoms with Gasteiger partial charge in [0.25, 0.3) is 0 Å². The van der Waals surface area contributed by atoms with Crippen LogP contribution in [0.4, 0.5) is 4.79 Å². The second kappa shape index (κ2) is 6.05. The van der Waals surface area contributed by atoms with E-state index in [-0.39, 0.29) is 0 Å². The van der Waals surface area contributed by atoms with E-state index in [0.29, 0.717) is 18.4 Å². The molecule has 1 aliphatic carbocycles. The molecule has 0 aliphatic heterocycles. The highest BCUT2D eigenvalue weighted by Crippen LogP contribution is 2.35. The number of rotatable bonds is 5. The first kappa shape index (κ1) is 15.8. The van der Waals surface area contributed by atoms with Crippen LogP contribution in [0.5, 0.6) is 0 Å². The minimum Gasteiger partial charge on any atom is -0.480 e. The zero-order valence-electron chi connectivity index (χ0n) is 12.3. The van der Waals surface area contributed by atoms with Crippen molar-refractivity contribution in [1.82, 2.24) is 5.32 Å². The fourth-order valence-electron chi connectivity index (χ4n) is 1.83. The van der Waals surface area contributed by atoms with E-state index in [2.05, 4.69) is 5.32 Å². The summed E-state index contributed by atoms with van der Waals surface area (Å²) in [5.74, 6) is -1.73. The van der Waals surface area contributed by atoms with Gasteiger partial charge in [0.05, 0.1) is 5.56 Å². The van der Waals surface area contributed by atoms with Crippen LogP contribution in [0.25, 0.3) is 0 Å². The van der Waals surface area contributed by atoms with Gasteiger partial charge in [-0.1, -0.05) is 17.7 Å². The normalized spacial score (nSPS) is 16.3. The van der Waals surface area contributed by atoms with Gasteiger partial charge in [0.1, 0.15) is 5.54 Å². The van der Waals surface area contributed by atoms with Crippen LogP contribution in [-0.2, 0) is 14.3 Å². The van der Waals surface area contributed by atoms with Crippen LogP contribution < -0.4 is 5.32 Å². The first-order chi connectivity index (χ1) is 10.3. The minimum atomic E-state index is -1.24. The Morgan fingerprint density at radius 1 is 1.18 bits per heavy atom. The van der Waals surface area contributed by atoms with E-state index in [1.807, 2.05) is 6.92 Å². The molecule has 0 heterocycles. The van der Waals surface area contributed by atoms with Gasteiger partial charge in [-0.3, -0.25) is 0 Å². The predicted molar refractivity (Wildman–Crippen MR) is 75.3 cm³/mol. The van der Waals surface area contributed by atoms with Gasteiger partial charge in [0.2, 0.25) is 6.29 Å². The van der Waals surface area contributed by atoms with E-state index in [9.17, 15) is 14.4 Å². The van der Waals surface area contributed by atoms with Crippen molar-refractivity contribution < 1.29 is 29.0 Å². The summed E-state index contributed by atoms with van der Waals surface area (Å²) >= 11 is 0. The Morgan fingerprint density at radius 3 is 2.27 bits per heavy atom. The van der Waals surface area contributed by atoms with Crippen molar-refractivity contribution in [2.75, 3.05) is 0 Å². The Hall–Kier alpha value is -2.57. The number of benzene rings is 1. The maximum absolute atomic E-state index is 11.8. The molecule has 7 heteroatoms. The molecule has 0 saturated heterocycles. The minimum absolute atomic E-state index is 0.339. The summed E-state index contributed by atoms with van der Waals surface area (Å²) in [7, 11) is 0. The molecule has 1 aliphatic rings. The smallest absolute Gasteiger partial charge is 0.411 e. The molecule has 22 heavy (non-hydrogen) atoms. The monoisotopic (exact) mass is 307 g/mol. The number of hydrogen-bond donors (Lipinski definition) is 2. The number of aryl methyl sites for hydroxylation is 1. The zero-order valence-corrected chi connectivity index (χ0v) is 12.3. The molecule has 2 N–H and O–H groups in total. The molecule has 1 saturated carbocycles. The number of nitrogens with one attached hydrogen (secondary N) is 1. The van der Waals surface area contributed by atoms with Crippen LogP contribution in [-0.4, -0.2) is 35.0 Å². The summed E-state index contributed by atoms with van der Waals surface area (Å²) in [5.41, 5.74) is 0.104. The first-order valence-corrected chi connectivity index (χ1v) is 6.82. The third-order valence-electron chi connectivity index (χ3n) is 3.33. The Labute approximate surface area is 127 Å². The second-order valence-electron chi connectivity index (χ2n) is 5.26. The van der Waals surface area contributed by atoms with Gasteiger partial charge in [0, 0.05) is 6.92 Å². The van der Waals surface area contributed by atoms with E-state index in [1.54, 1.807) is 24.3 Å². The standard InChI is InChI=1S/C15H17NO6/c1-9-3-5-11(6-4-9)12(17)21-10(2)22-14(20)16-15(7-8-15)13(18)19/h3-6,10H,7-8H2,1-2H3,(H,16,20)(H,18,19). The van der Waals surface area contributed by atoms with Gasteiger partial charge in [-0.15, -0.1) is 0 Å². The van der Waals surface area contributed by atoms with Crippen molar-refractivity contribution in [2.24, 2.45) is 0 Å². The second-order valence-corrected chi connectivity index (χ2v) is 5.26. The van der Waals surface area contributed by atoms with Gasteiger partial charge in [-0.2, -0.15) is 0 Å². The molecule has 0 radical (unpaired) electrons. The highest BCUT2D eigenvalue weighted by Gasteiger charge is 2.52. The van der Waals surface area contributed by atoms with Crippen LogP contribution in [0.1, 0.15) is 35.7 Å². The number of hydrogen-bond acceptors (Lipinski definition) is 5. The Balaban J connectivity index is 1.83. The molecule has 7 nitrogen and oxygen atoms in total. The average molecular weight is 307 g/mol. The molecule has 0 aromatic heterocycles. The largest absolute Gasteiger partial charge is 0.480 e. The van der Waals surface area contributed by atoms with Crippen molar-refractivity contribution in [3.63, 3.8) is 0 Å². The first-order valence-electron chi connectivity index (χ1n) is 6.82. The topological polar surface area (TPSA) is 102 Å². The lowest BCUT2D eigenvalue weighted by Gasteiger charge is -2.17. The van der Waals surface area contributed by atoms with Gasteiger partial charge in [-0.05, 0) is 31.9 Å². The van der Waals surface area contributed by atoms with E-state index in [1.165, 1.54) is 6.92 Å². The van der Waals surface area contributed by atoms with Crippen LogP contribution in [0, 0.1) is 6.92 Å². The number of carbonyl (C=O) groups excluding carboxylic acids is 2. The number of carbonyl (C=O) groups is 3. The van der Waals surface area contributed by atoms with Crippen molar-refractivity contribution in [3.05, 3.63) is 35.4 Å². The third kappa shape index (κ3) is 3.75. The zero-order chi connectivity index (χ0) is 16.3. The Bertz CT molecular complexity index is 591. The fourth-order valence-corrected chi connectivity index (χ4v) is 1.83. The lowest BCUT2D eigenvalue weighted by molar-refractivity contribution is -0.141. The number of aliphatic carboxylic acids is 1. The van der Waals surface area contributed by atoms with Crippen LogP contribution >= 0.6 is 0 Å². The molecule has 1 fully saturated rings. The Kier molecular flexibility index (Phi) is 4.35. The SMILES string of the molecule is Cc1ccc(C(=O)OC(C)OC(=O)NC2(C(=O)O)CC2)cc1. The maximum Gasteiger partial charge on any atom is 0.411 e. The molecule has 0 spiro atoms. The van der Waals surface area contributed by atoms with Gasteiger partial charge >= 0.3 is 18.0 Å². The van der Waals surface area contributed by atoms with Crippen molar-refractivity contribution in [3.8, 4) is 0 Å². The van der Waals surface area contributed by atoms with Gasteiger partial charge in [0.15, 0.2) is 0 Å². The average Bonchev–Trinajstić information content (AvgIpc) is 3.19. The maximum atomic E-state index is 11.8. The molecular weight excluding hydrogens is 290 g/mol. The van der Waals surface area contributed by atoms with Crippen molar-refractivity contribution in [1.29, 1.82) is 0 Å². The van der Waals surface area contributed by atoms with Gasteiger partial charge in [-0.25, -0.2) is 14.4 Å². The van der Waals surface area contributed by atoms with Gasteiger partial charge < -0.3 is 19.9 Å². The molecule has 0 bridgehead atoms. The molecule has 1 aromatic carbocycles. The lowest BCUT2D eigenvalue weighted by Crippen LogP contribution is -2.44. The predicted octanol–water partition coefficient (Wildman–Crippen LogP) is 1.84. The molecule has 1 amide bonds. The van der Waals surface area contributed by atoms with Crippen molar-refractivity contribution in [2.45, 2.75) is 38.5 Å². The van der Waals surface area contributed by atoms with Crippen LogP contribution in [0.15, 0.2) is 24.3 Å². The molecule has 1 unspecified atom stereocenters. The Morgan fingerprint density at radius 2 is 1.77 bits per heavy atom. The van der Waals surface area contributed by atoms with E-state index in [0.717, 1.165) is 5.56 Å². The lowest BCUT2D eigenvalue weighted by atomic mass is 10.1. The summed E-state index contributed by atoms with van der Waals surface area (Å²) < 4.78 is 9.81. The highest BCUT2D eigenvalue weighted by molar-refractivity contribution is 5.89. The van der Waals surface area contributed by atoms with E-state index in [4.69, 9.17) is 14.6 Å². The summed E-state index contributed by atoms with van der Waals surface area (Å²) in [6.07, 6.45) is -1.34. The third-order valence-corrected chi connectivity index (χ3v) is 3.33. The fraction of sp³-hybridized carbons (Fsp3) is 0.400. The number of ether oxygens (including phenoxy) is 2. The summed E-state index contributed by atoms with van der Waals surface area (Å²) in [6.45, 7) is 3.27. The summed E-state index contributed by atoms with van der Waals surface area (Å²) in [4.78, 5) is 34.4. The van der Waals surface area contributed by atoms with E-state index >= 15 is 0 Å². The molecule has 1 aromatic rings. The van der Waals surface area contributed by atoms with E-state index < -0.39 is 29.9 Å². The summed E-state index contributed by atoms with van der Waals surface area (Å²) in [5, 5.41) is 11.2. The van der Waals surface area contributed by atoms with Crippen LogP contribution in [0.3, 0.4) is 0 Å². The summed E-state index contributed by atoms with van der Waals surface area (Å²) in [6, 6.07) is 6.74. The number of carboxylic acid groups (broad SMARTS) is 1. The molecular formula is C15H17NO6. The number of alkyl carbamates (subject to hydrolysis) is 1. The number of amides is 1.